The summed E-state index contributed by atoms with van der Waals surface area (Å²) in [4.78, 5) is 0. The molecule has 0 aliphatic carbocycles. The zero-order chi connectivity index (χ0) is 15.2. The molecule has 114 valence electrons. The average molecular weight is 297 g/mol. The van der Waals surface area contributed by atoms with E-state index in [1.165, 1.54) is 5.56 Å². The Kier molecular flexibility index (Phi) is 6.86. The molecule has 0 aromatic heterocycles. The summed E-state index contributed by atoms with van der Waals surface area (Å²) in [6, 6.07) is 6.10. The minimum absolute atomic E-state index is 0.188. The maximum Gasteiger partial charge on any atom is 0.122 e. The van der Waals surface area contributed by atoms with Crippen molar-refractivity contribution in [1.82, 2.24) is 5.32 Å². The second-order valence-electron chi connectivity index (χ2n) is 5.83. The number of rotatable bonds is 8. The highest BCUT2D eigenvalue weighted by molar-refractivity contribution is 7.99. The number of hydrogen-bond acceptors (Lipinski definition) is 4. The number of nitrogens with one attached hydrogen (secondary N) is 1. The van der Waals surface area contributed by atoms with Crippen molar-refractivity contribution in [3.8, 4) is 5.75 Å². The number of aryl methyl sites for hydroxylation is 2. The summed E-state index contributed by atoms with van der Waals surface area (Å²) in [7, 11) is 0. The molecule has 20 heavy (non-hydrogen) atoms. The molecule has 1 atom stereocenters. The van der Waals surface area contributed by atoms with E-state index in [4.69, 9.17) is 4.74 Å². The molecule has 1 rings (SSSR count). The van der Waals surface area contributed by atoms with Gasteiger partial charge in [-0.2, -0.15) is 11.8 Å². The standard InChI is InChI=1S/C16H27NO2S/c1-12-6-7-13(2)15(8-12)19-10-14(18)9-17-11-16(3,4)20-5/h6-8,14,17-18H,9-11H2,1-5H3. The van der Waals surface area contributed by atoms with E-state index in [1.807, 2.05) is 37.7 Å². The Labute approximate surface area is 127 Å². The lowest BCUT2D eigenvalue weighted by Crippen LogP contribution is -2.38. The summed E-state index contributed by atoms with van der Waals surface area (Å²) in [5, 5.41) is 13.2. The summed E-state index contributed by atoms with van der Waals surface area (Å²) in [6.07, 6.45) is 1.61. The van der Waals surface area contributed by atoms with E-state index in [9.17, 15) is 5.11 Å². The van der Waals surface area contributed by atoms with Crippen LogP contribution in [0.2, 0.25) is 0 Å². The Morgan fingerprint density at radius 1 is 1.35 bits per heavy atom. The van der Waals surface area contributed by atoms with Gasteiger partial charge >= 0.3 is 0 Å². The van der Waals surface area contributed by atoms with Crippen LogP contribution in [0.15, 0.2) is 18.2 Å². The van der Waals surface area contributed by atoms with Crippen molar-refractivity contribution < 1.29 is 9.84 Å². The van der Waals surface area contributed by atoms with Crippen LogP contribution in [-0.2, 0) is 0 Å². The van der Waals surface area contributed by atoms with E-state index >= 15 is 0 Å². The SMILES string of the molecule is CSC(C)(C)CNCC(O)COc1cc(C)ccc1C. The number of ether oxygens (including phenoxy) is 1. The van der Waals surface area contributed by atoms with Crippen LogP contribution in [0.4, 0.5) is 0 Å². The number of hydrogen-bond donors (Lipinski definition) is 2. The molecule has 0 spiro atoms. The van der Waals surface area contributed by atoms with E-state index in [1.54, 1.807) is 0 Å². The normalized spacial score (nSPS) is 13.3. The second-order valence-corrected chi connectivity index (χ2v) is 7.34. The zero-order valence-electron chi connectivity index (χ0n) is 13.2. The number of aliphatic hydroxyl groups is 1. The topological polar surface area (TPSA) is 41.5 Å². The van der Waals surface area contributed by atoms with E-state index in [0.29, 0.717) is 13.2 Å². The maximum absolute atomic E-state index is 9.95. The Balaban J connectivity index is 2.33. The lowest BCUT2D eigenvalue weighted by molar-refractivity contribution is 0.106. The van der Waals surface area contributed by atoms with Crippen molar-refractivity contribution in [2.75, 3.05) is 26.0 Å². The van der Waals surface area contributed by atoms with Gasteiger partial charge in [-0.15, -0.1) is 0 Å². The van der Waals surface area contributed by atoms with Gasteiger partial charge in [0.1, 0.15) is 18.5 Å². The van der Waals surface area contributed by atoms with Crippen LogP contribution in [0.25, 0.3) is 0 Å². The third kappa shape index (κ3) is 6.16. The Morgan fingerprint density at radius 3 is 2.70 bits per heavy atom. The van der Waals surface area contributed by atoms with Gasteiger partial charge in [0.15, 0.2) is 0 Å². The predicted molar refractivity (Wildman–Crippen MR) is 87.9 cm³/mol. The fourth-order valence-corrected chi connectivity index (χ4v) is 1.97. The van der Waals surface area contributed by atoms with E-state index in [0.717, 1.165) is 17.9 Å². The monoisotopic (exact) mass is 297 g/mol. The first-order valence-corrected chi connectivity index (χ1v) is 8.20. The number of benzene rings is 1. The molecule has 1 aromatic rings. The summed E-state index contributed by atoms with van der Waals surface area (Å²) in [6.45, 7) is 10.2. The third-order valence-corrected chi connectivity index (χ3v) is 4.51. The van der Waals surface area contributed by atoms with Crippen LogP contribution in [-0.4, -0.2) is 41.9 Å². The van der Waals surface area contributed by atoms with Gasteiger partial charge in [0.05, 0.1) is 0 Å². The first-order valence-electron chi connectivity index (χ1n) is 6.98. The number of thioether (sulfide) groups is 1. The van der Waals surface area contributed by atoms with Crippen LogP contribution < -0.4 is 10.1 Å². The fraction of sp³-hybridized carbons (Fsp3) is 0.625. The van der Waals surface area contributed by atoms with Crippen LogP contribution >= 0.6 is 11.8 Å². The lowest BCUT2D eigenvalue weighted by atomic mass is 10.1. The van der Waals surface area contributed by atoms with Crippen LogP contribution in [0.1, 0.15) is 25.0 Å². The van der Waals surface area contributed by atoms with Crippen molar-refractivity contribution in [3.63, 3.8) is 0 Å². The van der Waals surface area contributed by atoms with Crippen LogP contribution in [0.3, 0.4) is 0 Å². The van der Waals surface area contributed by atoms with Gasteiger partial charge in [-0.3, -0.25) is 0 Å². The molecule has 0 saturated carbocycles. The van der Waals surface area contributed by atoms with Crippen molar-refractivity contribution >= 4 is 11.8 Å². The molecule has 0 radical (unpaired) electrons. The molecule has 0 fully saturated rings. The molecule has 0 amide bonds. The molecule has 0 aliphatic rings. The van der Waals surface area contributed by atoms with Gasteiger partial charge in [0.25, 0.3) is 0 Å². The third-order valence-electron chi connectivity index (χ3n) is 3.26. The van der Waals surface area contributed by atoms with E-state index < -0.39 is 6.10 Å². The molecule has 0 aliphatic heterocycles. The van der Waals surface area contributed by atoms with E-state index in [-0.39, 0.29) is 4.75 Å². The van der Waals surface area contributed by atoms with Crippen molar-refractivity contribution in [3.05, 3.63) is 29.3 Å². The summed E-state index contributed by atoms with van der Waals surface area (Å²) < 4.78 is 5.88. The van der Waals surface area contributed by atoms with Gasteiger partial charge in [0.2, 0.25) is 0 Å². The Hall–Kier alpha value is -0.710. The molecule has 3 nitrogen and oxygen atoms in total. The molecule has 1 unspecified atom stereocenters. The minimum atomic E-state index is -0.493. The molecule has 2 N–H and O–H groups in total. The molecule has 0 heterocycles. The lowest BCUT2D eigenvalue weighted by Gasteiger charge is -2.23. The quantitative estimate of drug-likeness (QED) is 0.774. The predicted octanol–water partition coefficient (Wildman–Crippen LogP) is 2.77. The average Bonchev–Trinajstić information content (AvgIpc) is 2.39. The van der Waals surface area contributed by atoms with Crippen LogP contribution in [0, 0.1) is 13.8 Å². The summed E-state index contributed by atoms with van der Waals surface area (Å²) in [5.74, 6) is 0.855. The Morgan fingerprint density at radius 2 is 2.05 bits per heavy atom. The van der Waals surface area contributed by atoms with Gasteiger partial charge < -0.3 is 15.2 Å². The zero-order valence-corrected chi connectivity index (χ0v) is 14.0. The van der Waals surface area contributed by atoms with Gasteiger partial charge in [-0.1, -0.05) is 12.1 Å². The smallest absolute Gasteiger partial charge is 0.122 e. The molecule has 1 aromatic carbocycles. The molecule has 4 heteroatoms. The molecule has 0 bridgehead atoms. The minimum Gasteiger partial charge on any atom is -0.491 e. The second kappa shape index (κ2) is 7.91. The summed E-state index contributed by atoms with van der Waals surface area (Å²) in [5.41, 5.74) is 2.26. The highest BCUT2D eigenvalue weighted by atomic mass is 32.2. The van der Waals surface area contributed by atoms with E-state index in [2.05, 4.69) is 31.5 Å². The van der Waals surface area contributed by atoms with Crippen molar-refractivity contribution in [2.45, 2.75) is 38.5 Å². The summed E-state index contributed by atoms with van der Waals surface area (Å²) >= 11 is 1.82. The maximum atomic E-state index is 9.95. The van der Waals surface area contributed by atoms with Crippen molar-refractivity contribution in [1.29, 1.82) is 0 Å². The highest BCUT2D eigenvalue weighted by Crippen LogP contribution is 2.20. The largest absolute Gasteiger partial charge is 0.491 e. The van der Waals surface area contributed by atoms with Crippen molar-refractivity contribution in [2.24, 2.45) is 0 Å². The van der Waals surface area contributed by atoms with Gasteiger partial charge in [-0.25, -0.2) is 0 Å². The first-order chi connectivity index (χ1) is 9.34. The van der Waals surface area contributed by atoms with Gasteiger partial charge in [0, 0.05) is 17.8 Å². The van der Waals surface area contributed by atoms with Crippen LogP contribution in [0.5, 0.6) is 5.75 Å². The Bertz CT molecular complexity index is 421. The molecule has 0 saturated heterocycles. The highest BCUT2D eigenvalue weighted by Gasteiger charge is 2.16. The fourth-order valence-electron chi connectivity index (χ4n) is 1.72. The molecular weight excluding hydrogens is 270 g/mol. The first kappa shape index (κ1) is 17.3. The number of aliphatic hydroxyl groups excluding tert-OH is 1. The molecular formula is C16H27NO2S. The van der Waals surface area contributed by atoms with Gasteiger partial charge in [-0.05, 0) is 51.1 Å².